The Morgan fingerprint density at radius 1 is 0.784 bits per heavy atom. The van der Waals surface area contributed by atoms with Gasteiger partial charge in [-0.1, -0.05) is 24.3 Å². The Bertz CT molecular complexity index is 1340. The molecule has 37 heavy (non-hydrogen) atoms. The molecule has 2 amide bonds. The van der Waals surface area contributed by atoms with E-state index < -0.39 is 33.1 Å². The number of hydrogen-bond acceptors (Lipinski definition) is 7. The van der Waals surface area contributed by atoms with Crippen molar-refractivity contribution >= 4 is 33.1 Å². The van der Waals surface area contributed by atoms with Gasteiger partial charge in [-0.25, -0.2) is 9.13 Å². The van der Waals surface area contributed by atoms with Crippen molar-refractivity contribution in [1.82, 2.24) is 5.32 Å². The van der Waals surface area contributed by atoms with Crippen LogP contribution < -0.4 is 24.4 Å². The predicted octanol–water partition coefficient (Wildman–Crippen LogP) is 2.58. The van der Waals surface area contributed by atoms with Gasteiger partial charge in [-0.15, -0.1) is 0 Å². The number of para-hydroxylation sites is 1. The van der Waals surface area contributed by atoms with E-state index in [0.717, 1.165) is 12.1 Å². The monoisotopic (exact) mass is 552 g/mol. The summed E-state index contributed by atoms with van der Waals surface area (Å²) in [6, 6.07) is 18.4. The van der Waals surface area contributed by atoms with E-state index in [1.165, 1.54) is 30.3 Å². The van der Waals surface area contributed by atoms with Crippen LogP contribution in [0.4, 0.5) is 5.69 Å². The highest BCUT2D eigenvalue weighted by molar-refractivity contribution is 7.47. The molecule has 6 N–H and O–H groups in total. The van der Waals surface area contributed by atoms with Crippen molar-refractivity contribution in [2.24, 2.45) is 0 Å². The smallest absolute Gasteiger partial charge is 0.484 e. The molecule has 0 fully saturated rings. The first-order chi connectivity index (χ1) is 17.4. The van der Waals surface area contributed by atoms with E-state index in [1.54, 1.807) is 24.3 Å². The molecule has 0 spiro atoms. The van der Waals surface area contributed by atoms with Gasteiger partial charge in [0.1, 0.15) is 5.75 Å². The Morgan fingerprint density at radius 3 is 2.03 bits per heavy atom. The van der Waals surface area contributed by atoms with Crippen molar-refractivity contribution in [3.8, 4) is 17.2 Å². The predicted molar refractivity (Wildman–Crippen MR) is 130 cm³/mol. The van der Waals surface area contributed by atoms with Crippen LogP contribution >= 0.6 is 15.6 Å². The van der Waals surface area contributed by atoms with Crippen LogP contribution in [-0.4, -0.2) is 38.0 Å². The number of phosphoric acid groups is 2. The first kappa shape index (κ1) is 27.9. The number of nitrogens with one attached hydrogen (secondary N) is 2. The first-order valence-corrected chi connectivity index (χ1v) is 13.4. The van der Waals surface area contributed by atoms with Crippen LogP contribution in [0.3, 0.4) is 0 Å². The Hall–Kier alpha value is -3.70. The van der Waals surface area contributed by atoms with E-state index in [4.69, 9.17) is 24.3 Å². The fraction of sp³-hybridized carbons (Fsp3) is 0.0909. The summed E-state index contributed by atoms with van der Waals surface area (Å²) >= 11 is 0. The minimum absolute atomic E-state index is 0.130. The normalized spacial score (nSPS) is 11.4. The first-order valence-electron chi connectivity index (χ1n) is 10.4. The molecule has 0 saturated heterocycles. The van der Waals surface area contributed by atoms with Crippen molar-refractivity contribution in [2.45, 2.75) is 6.54 Å². The molecule has 3 rings (SSSR count). The Morgan fingerprint density at radius 2 is 1.41 bits per heavy atom. The zero-order chi connectivity index (χ0) is 27.1. The number of ether oxygens (including phenoxy) is 1. The average molecular weight is 552 g/mol. The summed E-state index contributed by atoms with van der Waals surface area (Å²) in [4.78, 5) is 60.4. The molecule has 0 aliphatic heterocycles. The van der Waals surface area contributed by atoms with Crippen LogP contribution in [0.25, 0.3) is 0 Å². The van der Waals surface area contributed by atoms with Gasteiger partial charge in [-0.3, -0.25) is 29.2 Å². The second-order valence-corrected chi connectivity index (χ2v) is 9.68. The molecule has 0 aliphatic rings. The minimum Gasteiger partial charge on any atom is -0.484 e. The summed E-state index contributed by atoms with van der Waals surface area (Å²) in [5.41, 5.74) is 1.32. The topological polar surface area (TPSA) is 201 Å². The maximum Gasteiger partial charge on any atom is 0.524 e. The minimum atomic E-state index is -5.08. The fourth-order valence-corrected chi connectivity index (χ4v) is 3.70. The molecular weight excluding hydrogens is 530 g/mol. The molecule has 0 heterocycles. The largest absolute Gasteiger partial charge is 0.524 e. The van der Waals surface area contributed by atoms with Crippen LogP contribution in [-0.2, 0) is 20.5 Å². The van der Waals surface area contributed by atoms with E-state index in [9.17, 15) is 18.7 Å². The van der Waals surface area contributed by atoms with E-state index in [1.807, 2.05) is 6.07 Å². The van der Waals surface area contributed by atoms with Crippen molar-refractivity contribution < 1.29 is 52.1 Å². The van der Waals surface area contributed by atoms with E-state index in [-0.39, 0.29) is 24.6 Å². The third kappa shape index (κ3) is 9.70. The van der Waals surface area contributed by atoms with Crippen molar-refractivity contribution in [3.63, 3.8) is 0 Å². The zero-order valence-corrected chi connectivity index (χ0v) is 20.7. The van der Waals surface area contributed by atoms with E-state index in [0.29, 0.717) is 17.0 Å². The number of amides is 2. The zero-order valence-electron chi connectivity index (χ0n) is 18.9. The molecule has 0 bridgehead atoms. The Balaban J connectivity index is 1.53. The molecular formula is C22H22N2O11P2. The van der Waals surface area contributed by atoms with Crippen LogP contribution in [0.1, 0.15) is 15.9 Å². The van der Waals surface area contributed by atoms with Gasteiger partial charge in [0, 0.05) is 17.8 Å². The van der Waals surface area contributed by atoms with E-state index in [2.05, 4.69) is 19.7 Å². The molecule has 0 atom stereocenters. The molecule has 3 aromatic rings. The Kier molecular flexibility index (Phi) is 9.06. The van der Waals surface area contributed by atoms with Gasteiger partial charge in [0.2, 0.25) is 0 Å². The summed E-state index contributed by atoms with van der Waals surface area (Å²) in [5, 5.41) is 5.26. The summed E-state index contributed by atoms with van der Waals surface area (Å²) in [6.45, 7) is -0.505. The molecule has 0 saturated carbocycles. The number of hydrogen-bond donors (Lipinski definition) is 6. The lowest BCUT2D eigenvalue weighted by molar-refractivity contribution is -0.123. The molecule has 0 unspecified atom stereocenters. The highest BCUT2D eigenvalue weighted by atomic mass is 31.2. The second kappa shape index (κ2) is 12.0. The Labute approximate surface area is 210 Å². The number of benzene rings is 3. The lowest BCUT2D eigenvalue weighted by Crippen LogP contribution is -2.28. The molecule has 0 aromatic heterocycles. The highest BCUT2D eigenvalue weighted by Gasteiger charge is 2.24. The molecule has 3 aromatic carbocycles. The van der Waals surface area contributed by atoms with Gasteiger partial charge in [-0.05, 0) is 54.1 Å². The lowest BCUT2D eigenvalue weighted by atomic mass is 10.2. The van der Waals surface area contributed by atoms with Gasteiger partial charge in [-0.2, -0.15) is 0 Å². The van der Waals surface area contributed by atoms with Crippen LogP contribution in [0, 0.1) is 0 Å². The molecule has 0 aliphatic carbocycles. The van der Waals surface area contributed by atoms with Gasteiger partial charge in [0.15, 0.2) is 18.1 Å². The third-order valence-corrected chi connectivity index (χ3v) is 5.32. The average Bonchev–Trinajstić information content (AvgIpc) is 2.82. The molecule has 0 radical (unpaired) electrons. The molecule has 13 nitrogen and oxygen atoms in total. The number of carbonyl (C=O) groups is 2. The summed E-state index contributed by atoms with van der Waals surface area (Å²) in [5.74, 6) is -1.75. The highest BCUT2D eigenvalue weighted by Crippen LogP contribution is 2.47. The second-order valence-electron chi connectivity index (χ2n) is 7.35. The van der Waals surface area contributed by atoms with Crippen molar-refractivity contribution in [1.29, 1.82) is 0 Å². The third-order valence-electron chi connectivity index (χ3n) is 4.45. The van der Waals surface area contributed by atoms with Gasteiger partial charge in [0.05, 0.1) is 0 Å². The van der Waals surface area contributed by atoms with Crippen molar-refractivity contribution in [3.05, 3.63) is 83.9 Å². The summed E-state index contributed by atoms with van der Waals surface area (Å²) in [6.07, 6.45) is 0. The van der Waals surface area contributed by atoms with Gasteiger partial charge in [0.25, 0.3) is 11.8 Å². The van der Waals surface area contributed by atoms with Crippen molar-refractivity contribution in [2.75, 3.05) is 11.9 Å². The van der Waals surface area contributed by atoms with Crippen LogP contribution in [0.2, 0.25) is 0 Å². The summed E-state index contributed by atoms with van der Waals surface area (Å²) in [7, 11) is -10.1. The SMILES string of the molecule is O=C(COc1ccc(C(=O)Nc2ccccc2)cc1)NCc1ccc(OP(=O)(O)O)c(OP(=O)(O)O)c1. The lowest BCUT2D eigenvalue weighted by Gasteiger charge is -2.15. The molecule has 196 valence electrons. The maximum absolute atomic E-state index is 12.3. The van der Waals surface area contributed by atoms with E-state index >= 15 is 0 Å². The maximum atomic E-state index is 12.3. The van der Waals surface area contributed by atoms with Crippen LogP contribution in [0.15, 0.2) is 72.8 Å². The van der Waals surface area contributed by atoms with Crippen LogP contribution in [0.5, 0.6) is 17.2 Å². The summed E-state index contributed by atoms with van der Waals surface area (Å²) < 4.78 is 36.4. The number of anilines is 1. The molecule has 15 heteroatoms. The quantitative estimate of drug-likeness (QED) is 0.191. The number of rotatable bonds is 11. The van der Waals surface area contributed by atoms with Gasteiger partial charge < -0.3 is 24.4 Å². The van der Waals surface area contributed by atoms with Gasteiger partial charge >= 0.3 is 15.6 Å². The standard InChI is InChI=1S/C22H22N2O11P2/c25-21(14-33-18-9-7-16(8-10-18)22(26)24-17-4-2-1-3-5-17)23-13-15-6-11-19(34-36(27,28)29)20(12-15)35-37(30,31)32/h1-12H,13-14H2,(H,23,25)(H,24,26)(H2,27,28,29)(H2,30,31,32). The fourth-order valence-electron chi connectivity index (χ4n) is 2.89. The number of phosphoric ester groups is 2. The number of carbonyl (C=O) groups excluding carboxylic acids is 2.